The van der Waals surface area contributed by atoms with E-state index in [9.17, 15) is 5.26 Å². The predicted molar refractivity (Wildman–Crippen MR) is 59.0 cm³/mol. The maximum Gasteiger partial charge on any atom is 0.0991 e. The van der Waals surface area contributed by atoms with Crippen molar-refractivity contribution in [1.29, 1.82) is 10.5 Å². The summed E-state index contributed by atoms with van der Waals surface area (Å²) in [5, 5.41) is 18.0. The van der Waals surface area contributed by atoms with Crippen molar-refractivity contribution in [2.45, 2.75) is 26.2 Å². The highest BCUT2D eigenvalue weighted by atomic mass is 14.4. The Morgan fingerprint density at radius 3 is 2.40 bits per heavy atom. The van der Waals surface area contributed by atoms with Crippen LogP contribution in [0, 0.1) is 28.6 Å². The van der Waals surface area contributed by atoms with Crippen LogP contribution in [0.15, 0.2) is 24.3 Å². The second kappa shape index (κ2) is 4.15. The van der Waals surface area contributed by atoms with E-state index in [2.05, 4.69) is 12.1 Å². The summed E-state index contributed by atoms with van der Waals surface area (Å²) in [5.41, 5.74) is 1.00. The van der Waals surface area contributed by atoms with E-state index in [1.807, 2.05) is 32.9 Å². The molecule has 0 aliphatic heterocycles. The first-order valence-corrected chi connectivity index (χ1v) is 4.96. The van der Waals surface area contributed by atoms with Gasteiger partial charge in [-0.15, -0.1) is 0 Å². The predicted octanol–water partition coefficient (Wildman–Crippen LogP) is 3.00. The van der Waals surface area contributed by atoms with Gasteiger partial charge in [-0.25, -0.2) is 0 Å². The summed E-state index contributed by atoms with van der Waals surface area (Å²) >= 11 is 0. The topological polar surface area (TPSA) is 47.6 Å². The van der Waals surface area contributed by atoms with Crippen LogP contribution >= 0.6 is 0 Å². The number of hydrogen-bond acceptors (Lipinski definition) is 2. The molecule has 0 saturated heterocycles. The molecule has 15 heavy (non-hydrogen) atoms. The third-order valence-electron chi connectivity index (χ3n) is 2.98. The minimum absolute atomic E-state index is 0.219. The molecule has 1 atom stereocenters. The van der Waals surface area contributed by atoms with Gasteiger partial charge in [-0.1, -0.05) is 26.0 Å². The Bertz CT molecular complexity index is 435. The van der Waals surface area contributed by atoms with E-state index in [-0.39, 0.29) is 5.92 Å². The molecule has 1 unspecified atom stereocenters. The van der Waals surface area contributed by atoms with Gasteiger partial charge in [0, 0.05) is 0 Å². The van der Waals surface area contributed by atoms with Gasteiger partial charge in [-0.05, 0) is 30.5 Å². The zero-order valence-corrected chi connectivity index (χ0v) is 9.28. The maximum atomic E-state index is 9.24. The number of nitrogens with zero attached hydrogens (tertiary/aromatic N) is 2. The lowest BCUT2D eigenvalue weighted by Gasteiger charge is -2.26. The number of hydrogen-bond donors (Lipinski definition) is 0. The summed E-state index contributed by atoms with van der Waals surface area (Å²) in [7, 11) is 0. The summed E-state index contributed by atoms with van der Waals surface area (Å²) in [6, 6.07) is 11.7. The minimum Gasteiger partial charge on any atom is -0.197 e. The Labute approximate surface area is 90.8 Å². The van der Waals surface area contributed by atoms with Crippen molar-refractivity contribution in [2.75, 3.05) is 0 Å². The molecular weight excluding hydrogens is 184 g/mol. The molecule has 0 aromatic heterocycles. The molecule has 0 N–H and O–H groups in total. The van der Waals surface area contributed by atoms with E-state index in [1.165, 1.54) is 0 Å². The molecule has 1 rings (SSSR count). The first-order chi connectivity index (χ1) is 7.04. The summed E-state index contributed by atoms with van der Waals surface area (Å²) in [6.45, 7) is 5.94. The fraction of sp³-hybridized carbons (Fsp3) is 0.385. The van der Waals surface area contributed by atoms with Gasteiger partial charge in [0.2, 0.25) is 0 Å². The average Bonchev–Trinajstić information content (AvgIpc) is 2.27. The molecule has 1 aromatic carbocycles. The summed E-state index contributed by atoms with van der Waals surface area (Å²) in [6.07, 6.45) is 0. The van der Waals surface area contributed by atoms with Crippen molar-refractivity contribution in [2.24, 2.45) is 5.92 Å². The average molecular weight is 198 g/mol. The zero-order chi connectivity index (χ0) is 11.5. The van der Waals surface area contributed by atoms with Crippen LogP contribution in [-0.4, -0.2) is 0 Å². The second-order valence-corrected chi connectivity index (χ2v) is 4.16. The van der Waals surface area contributed by atoms with Crippen LogP contribution in [0.5, 0.6) is 0 Å². The Hall–Kier alpha value is -1.80. The molecule has 0 heterocycles. The maximum absolute atomic E-state index is 9.24. The summed E-state index contributed by atoms with van der Waals surface area (Å²) in [4.78, 5) is 0. The molecule has 0 bridgehead atoms. The number of benzene rings is 1. The monoisotopic (exact) mass is 198 g/mol. The van der Waals surface area contributed by atoms with Crippen LogP contribution in [0.4, 0.5) is 0 Å². The lowest BCUT2D eigenvalue weighted by Crippen LogP contribution is -2.26. The fourth-order valence-electron chi connectivity index (χ4n) is 1.44. The normalized spacial score (nSPS) is 14.0. The van der Waals surface area contributed by atoms with Gasteiger partial charge in [0.15, 0.2) is 0 Å². The molecule has 0 amide bonds. The molecule has 0 aliphatic rings. The molecular formula is C13H14N2. The highest BCUT2D eigenvalue weighted by Gasteiger charge is 2.30. The molecule has 0 spiro atoms. The van der Waals surface area contributed by atoms with Crippen molar-refractivity contribution in [3.63, 3.8) is 0 Å². The molecule has 2 nitrogen and oxygen atoms in total. The fourth-order valence-corrected chi connectivity index (χ4v) is 1.44. The molecule has 0 aliphatic carbocycles. The molecule has 0 radical (unpaired) electrons. The van der Waals surface area contributed by atoms with Crippen LogP contribution in [0.25, 0.3) is 0 Å². The zero-order valence-electron chi connectivity index (χ0n) is 9.28. The van der Waals surface area contributed by atoms with Gasteiger partial charge < -0.3 is 0 Å². The lowest BCUT2D eigenvalue weighted by atomic mass is 9.74. The van der Waals surface area contributed by atoms with Crippen molar-refractivity contribution in [1.82, 2.24) is 0 Å². The van der Waals surface area contributed by atoms with Crippen LogP contribution < -0.4 is 0 Å². The van der Waals surface area contributed by atoms with Gasteiger partial charge in [0.1, 0.15) is 0 Å². The standard InChI is InChI=1S/C13H14N2/c1-10(2)13(3,9-15)12-6-4-5-11(7-12)8-14/h4-7,10H,1-3H3. The summed E-state index contributed by atoms with van der Waals surface area (Å²) < 4.78 is 0. The number of rotatable bonds is 2. The van der Waals surface area contributed by atoms with Crippen LogP contribution in [-0.2, 0) is 5.41 Å². The van der Waals surface area contributed by atoms with E-state index in [0.717, 1.165) is 5.56 Å². The van der Waals surface area contributed by atoms with Crippen LogP contribution in [0.2, 0.25) is 0 Å². The highest BCUT2D eigenvalue weighted by molar-refractivity contribution is 5.39. The molecule has 0 saturated carbocycles. The van der Waals surface area contributed by atoms with Crippen molar-refractivity contribution >= 4 is 0 Å². The minimum atomic E-state index is -0.521. The van der Waals surface area contributed by atoms with E-state index < -0.39 is 5.41 Å². The molecule has 2 heteroatoms. The lowest BCUT2D eigenvalue weighted by molar-refractivity contribution is 0.431. The van der Waals surface area contributed by atoms with Crippen molar-refractivity contribution in [3.8, 4) is 12.1 Å². The van der Waals surface area contributed by atoms with Gasteiger partial charge in [0.05, 0.1) is 23.1 Å². The first-order valence-electron chi connectivity index (χ1n) is 4.96. The Morgan fingerprint density at radius 1 is 1.27 bits per heavy atom. The quantitative estimate of drug-likeness (QED) is 0.733. The van der Waals surface area contributed by atoms with Crippen molar-refractivity contribution in [3.05, 3.63) is 35.4 Å². The first kappa shape index (κ1) is 11.3. The highest BCUT2D eigenvalue weighted by Crippen LogP contribution is 2.31. The largest absolute Gasteiger partial charge is 0.197 e. The van der Waals surface area contributed by atoms with Crippen molar-refractivity contribution < 1.29 is 0 Å². The van der Waals surface area contributed by atoms with E-state index in [4.69, 9.17) is 5.26 Å². The SMILES string of the molecule is CC(C)C(C)(C#N)c1cccc(C#N)c1. The smallest absolute Gasteiger partial charge is 0.0991 e. The van der Waals surface area contributed by atoms with Crippen LogP contribution in [0.3, 0.4) is 0 Å². The molecule has 0 fully saturated rings. The van der Waals surface area contributed by atoms with E-state index in [0.29, 0.717) is 5.56 Å². The summed E-state index contributed by atoms with van der Waals surface area (Å²) in [5.74, 6) is 0.219. The van der Waals surface area contributed by atoms with E-state index in [1.54, 1.807) is 12.1 Å². The van der Waals surface area contributed by atoms with Gasteiger partial charge >= 0.3 is 0 Å². The van der Waals surface area contributed by atoms with Gasteiger partial charge in [-0.2, -0.15) is 10.5 Å². The second-order valence-electron chi connectivity index (χ2n) is 4.16. The van der Waals surface area contributed by atoms with Gasteiger partial charge in [-0.3, -0.25) is 0 Å². The van der Waals surface area contributed by atoms with E-state index >= 15 is 0 Å². The Morgan fingerprint density at radius 2 is 1.93 bits per heavy atom. The number of nitriles is 2. The third kappa shape index (κ3) is 2.00. The Balaban J connectivity index is 3.27. The molecule has 76 valence electrons. The Kier molecular flexibility index (Phi) is 3.12. The van der Waals surface area contributed by atoms with Crippen LogP contribution in [0.1, 0.15) is 31.9 Å². The molecule has 1 aromatic rings. The van der Waals surface area contributed by atoms with Gasteiger partial charge in [0.25, 0.3) is 0 Å². The third-order valence-corrected chi connectivity index (χ3v) is 2.98.